The zero-order valence-corrected chi connectivity index (χ0v) is 40.4. The van der Waals surface area contributed by atoms with E-state index < -0.39 is 18.3 Å². The van der Waals surface area contributed by atoms with Gasteiger partial charge in [0.2, 0.25) is 0 Å². The van der Waals surface area contributed by atoms with Crippen LogP contribution in [0.3, 0.4) is 0 Å². The summed E-state index contributed by atoms with van der Waals surface area (Å²) in [5.41, 5.74) is 13.6. The molecule has 8 heteroatoms. The van der Waals surface area contributed by atoms with Gasteiger partial charge < -0.3 is 23.7 Å². The summed E-state index contributed by atoms with van der Waals surface area (Å²) in [5.74, 6) is 0. The number of halogens is 1. The van der Waals surface area contributed by atoms with Crippen molar-refractivity contribution >= 4 is 96.2 Å². The fourth-order valence-electron chi connectivity index (χ4n) is 10.0. The lowest BCUT2D eigenvalue weighted by Crippen LogP contribution is -2.46. The van der Waals surface area contributed by atoms with E-state index in [1.54, 1.807) is 0 Å². The number of aromatic nitrogens is 1. The van der Waals surface area contributed by atoms with Gasteiger partial charge in [-0.05, 0) is 152 Å². The van der Waals surface area contributed by atoms with E-state index in [0.29, 0.717) is 6.42 Å². The summed E-state index contributed by atoms with van der Waals surface area (Å²) >= 11 is 5.53. The molecule has 5 nitrogen and oxygen atoms in total. The second-order valence-electron chi connectivity index (χ2n) is 18.4. The van der Waals surface area contributed by atoms with E-state index in [0.717, 1.165) is 43.9 Å². The predicted octanol–water partition coefficient (Wildman–Crippen LogP) is 16.1. The Kier molecular flexibility index (Phi) is 10.7. The molecule has 1 saturated heterocycles. The molecule has 1 fully saturated rings. The van der Waals surface area contributed by atoms with Crippen LogP contribution in [0.1, 0.15) is 26.3 Å². The maximum atomic E-state index is 7.00. The van der Waals surface area contributed by atoms with Crippen molar-refractivity contribution in [2.24, 2.45) is 0 Å². The molecule has 0 amide bonds. The lowest BCUT2D eigenvalue weighted by Gasteiger charge is -2.37. The van der Waals surface area contributed by atoms with Crippen LogP contribution in [0.2, 0.25) is 0 Å². The van der Waals surface area contributed by atoms with Gasteiger partial charge in [-0.15, -0.1) is 0 Å². The lowest BCUT2D eigenvalue weighted by molar-refractivity contribution is -0.00876. The topological polar surface area (TPSA) is 29.9 Å². The van der Waals surface area contributed by atoms with E-state index in [1.807, 2.05) is 11.8 Å². The summed E-state index contributed by atoms with van der Waals surface area (Å²) in [7, 11) is -0.502. The van der Waals surface area contributed by atoms with Crippen molar-refractivity contribution in [2.45, 2.75) is 48.2 Å². The van der Waals surface area contributed by atoms with E-state index >= 15 is 0 Å². The molecule has 1 aromatic heterocycles. The number of para-hydroxylation sites is 4. The normalized spacial score (nSPS) is 16.2. The third-order valence-electron chi connectivity index (χ3n) is 13.8. The molecule has 10 aromatic rings. The van der Waals surface area contributed by atoms with Gasteiger partial charge in [0.05, 0.1) is 33.6 Å². The first-order chi connectivity index (χ1) is 33.2. The highest BCUT2D eigenvalue weighted by molar-refractivity contribution is 9.10. The maximum Gasteiger partial charge on any atom is 0.494 e. The summed E-state index contributed by atoms with van der Waals surface area (Å²) in [5, 5.41) is 2.46. The van der Waals surface area contributed by atoms with E-state index in [9.17, 15) is 0 Å². The Balaban J connectivity index is 0.801. The van der Waals surface area contributed by atoms with Gasteiger partial charge in [-0.25, -0.2) is 0 Å². The van der Waals surface area contributed by atoms with E-state index in [-0.39, 0.29) is 0 Å². The summed E-state index contributed by atoms with van der Waals surface area (Å²) < 4.78 is 17.2. The average molecular weight is 965 g/mol. The van der Waals surface area contributed by atoms with Crippen LogP contribution in [0.5, 0.6) is 0 Å². The molecule has 1 atom stereocenters. The van der Waals surface area contributed by atoms with Crippen LogP contribution in [-0.2, 0) is 15.7 Å². The summed E-state index contributed by atoms with van der Waals surface area (Å²) in [6.07, 6.45) is 0.670. The number of rotatable bonds is 9. The van der Waals surface area contributed by atoms with Gasteiger partial charge in [-0.3, -0.25) is 0 Å². The SMILES string of the molecule is CC1(C)OB(c2ccc(-c3ccc4c(c3)Sc3ccccc3N4c3ccccc3)cc2)OC1(C)Cc1cccc(N(c2ccccc2)c2ccc(-n3c4ccccc4c4cc(Br)ccc43)cc2)c1. The highest BCUT2D eigenvalue weighted by Gasteiger charge is 2.54. The minimum absolute atomic E-state index is 0.502. The molecule has 0 N–H and O–H groups in total. The van der Waals surface area contributed by atoms with Crippen molar-refractivity contribution < 1.29 is 9.31 Å². The predicted molar refractivity (Wildman–Crippen MR) is 288 cm³/mol. The molecule has 330 valence electrons. The molecule has 0 spiro atoms. The molecular weight excluding hydrogens is 917 g/mol. The third-order valence-corrected chi connectivity index (χ3v) is 15.4. The molecule has 2 aliphatic rings. The van der Waals surface area contributed by atoms with Gasteiger partial charge >= 0.3 is 7.12 Å². The van der Waals surface area contributed by atoms with Gasteiger partial charge in [0.25, 0.3) is 0 Å². The van der Waals surface area contributed by atoms with E-state index in [4.69, 9.17) is 9.31 Å². The molecule has 68 heavy (non-hydrogen) atoms. The average Bonchev–Trinajstić information content (AvgIpc) is 3.82. The van der Waals surface area contributed by atoms with Crippen LogP contribution < -0.4 is 15.3 Å². The minimum atomic E-state index is -0.608. The first kappa shape index (κ1) is 42.5. The molecule has 12 rings (SSSR count). The van der Waals surface area contributed by atoms with Gasteiger partial charge in [-0.1, -0.05) is 137 Å². The van der Waals surface area contributed by atoms with Crippen LogP contribution in [0.15, 0.2) is 233 Å². The van der Waals surface area contributed by atoms with Crippen LogP contribution in [0.4, 0.5) is 34.1 Å². The summed E-state index contributed by atoms with van der Waals surface area (Å²) in [4.78, 5) is 7.17. The second-order valence-corrected chi connectivity index (χ2v) is 20.4. The van der Waals surface area contributed by atoms with Crippen LogP contribution in [0.25, 0.3) is 38.6 Å². The molecule has 1 unspecified atom stereocenters. The quantitative estimate of drug-likeness (QED) is 0.135. The molecule has 9 aromatic carbocycles. The highest BCUT2D eigenvalue weighted by atomic mass is 79.9. The molecule has 2 aliphatic heterocycles. The number of nitrogens with zero attached hydrogens (tertiary/aromatic N) is 3. The van der Waals surface area contributed by atoms with Gasteiger partial charge in [0, 0.05) is 59.9 Å². The van der Waals surface area contributed by atoms with Crippen LogP contribution >= 0.6 is 27.7 Å². The number of benzene rings is 9. The van der Waals surface area contributed by atoms with Crippen molar-refractivity contribution in [3.8, 4) is 16.8 Å². The Morgan fingerprint density at radius 3 is 1.99 bits per heavy atom. The molecule has 0 radical (unpaired) electrons. The number of hydrogen-bond donors (Lipinski definition) is 0. The maximum absolute atomic E-state index is 7.00. The zero-order chi connectivity index (χ0) is 46.0. The Morgan fingerprint density at radius 1 is 0.515 bits per heavy atom. The largest absolute Gasteiger partial charge is 0.494 e. The third kappa shape index (κ3) is 7.53. The van der Waals surface area contributed by atoms with E-state index in [2.05, 4.69) is 269 Å². The second kappa shape index (κ2) is 17.1. The van der Waals surface area contributed by atoms with Gasteiger partial charge in [0.1, 0.15) is 0 Å². The smallest absolute Gasteiger partial charge is 0.399 e. The van der Waals surface area contributed by atoms with Gasteiger partial charge in [0.15, 0.2) is 0 Å². The number of fused-ring (bicyclic) bond motifs is 5. The van der Waals surface area contributed by atoms with Crippen molar-refractivity contribution in [1.29, 1.82) is 0 Å². The molecule has 0 bridgehead atoms. The molecule has 3 heterocycles. The van der Waals surface area contributed by atoms with Crippen LogP contribution in [0, 0.1) is 0 Å². The number of hydrogen-bond acceptors (Lipinski definition) is 5. The first-order valence-corrected chi connectivity index (χ1v) is 24.8. The fourth-order valence-corrected chi connectivity index (χ4v) is 11.5. The Labute approximate surface area is 410 Å². The van der Waals surface area contributed by atoms with Crippen molar-refractivity contribution in [2.75, 3.05) is 9.80 Å². The highest BCUT2D eigenvalue weighted by Crippen LogP contribution is 2.52. The zero-order valence-electron chi connectivity index (χ0n) is 38.0. The Bertz CT molecular complexity index is 3490. The monoisotopic (exact) mass is 963 g/mol. The fraction of sp³-hybridized carbons (Fsp3) is 0.100. The first-order valence-electron chi connectivity index (χ1n) is 23.2. The Hall–Kier alpha value is -6.81. The van der Waals surface area contributed by atoms with E-state index in [1.165, 1.54) is 54.1 Å². The summed E-state index contributed by atoms with van der Waals surface area (Å²) in [6, 6.07) is 78.3. The summed E-state index contributed by atoms with van der Waals surface area (Å²) in [6.45, 7) is 6.50. The molecule has 0 aliphatic carbocycles. The molecular formula is C60H47BBrN3O2S. The van der Waals surface area contributed by atoms with Crippen LogP contribution in [-0.4, -0.2) is 22.9 Å². The molecule has 0 saturated carbocycles. The van der Waals surface area contributed by atoms with Crippen molar-refractivity contribution in [3.63, 3.8) is 0 Å². The number of anilines is 6. The minimum Gasteiger partial charge on any atom is -0.399 e. The van der Waals surface area contributed by atoms with Crippen molar-refractivity contribution in [1.82, 2.24) is 4.57 Å². The van der Waals surface area contributed by atoms with Crippen molar-refractivity contribution in [3.05, 3.63) is 228 Å². The lowest BCUT2D eigenvalue weighted by atomic mass is 9.78. The van der Waals surface area contributed by atoms with Gasteiger partial charge in [-0.2, -0.15) is 0 Å². The Morgan fingerprint density at radius 2 is 1.18 bits per heavy atom. The standard InChI is InChI=1S/C60H47BBrN3O2S/c1-59(2)60(3,67-61(66-59)44-28-25-42(26-29-44)43-27-35-56-58(38-43)68-57-24-13-12-23-55(57)65(56)47-18-8-5-9-19-47)40-41-15-14-20-50(37-41)63(46-16-6-4-7-17-46)48-31-33-49(34-32-48)64-53-22-11-10-21-51(53)52-39-45(62)30-36-54(52)64/h4-39H,40H2,1-3H3.